The van der Waals surface area contributed by atoms with Gasteiger partial charge in [0.15, 0.2) is 4.67 Å². The number of halogens is 3. The number of rotatable bonds is 4. The second-order valence-corrected chi connectivity index (χ2v) is 6.98. The molecule has 0 amide bonds. The third kappa shape index (κ3) is 3.27. The summed E-state index contributed by atoms with van der Waals surface area (Å²) >= 11 is 5.84. The number of hydrogen-bond donors (Lipinski definition) is 2. The Bertz CT molecular complexity index is 798. The first-order chi connectivity index (χ1) is 9.72. The summed E-state index contributed by atoms with van der Waals surface area (Å²) in [6.07, 6.45) is 0. The first kappa shape index (κ1) is 16.0. The number of para-hydroxylation sites is 1. The quantitative estimate of drug-likeness (QED) is 0.755. The van der Waals surface area contributed by atoms with Crippen LogP contribution in [0.25, 0.3) is 0 Å². The molecule has 2 N–H and O–H groups in total. The van der Waals surface area contributed by atoms with Crippen molar-refractivity contribution in [3.8, 4) is 0 Å². The fraction of sp³-hybridized carbons (Fsp3) is 0. The molecule has 0 bridgehead atoms. The lowest BCUT2D eigenvalue weighted by Crippen LogP contribution is -2.14. The number of hydrogen-bond acceptors (Lipinski definition) is 4. The van der Waals surface area contributed by atoms with Crippen molar-refractivity contribution in [3.63, 3.8) is 0 Å². The first-order valence-electron chi connectivity index (χ1n) is 5.22. The van der Waals surface area contributed by atoms with Crippen molar-refractivity contribution >= 4 is 53.5 Å². The van der Waals surface area contributed by atoms with Gasteiger partial charge < -0.3 is 9.52 Å². The van der Waals surface area contributed by atoms with E-state index in [4.69, 9.17) is 9.52 Å². The Morgan fingerprint density at radius 3 is 2.52 bits per heavy atom. The molecule has 0 radical (unpaired) electrons. The third-order valence-corrected chi connectivity index (χ3v) is 5.22. The van der Waals surface area contributed by atoms with E-state index in [1.807, 2.05) is 4.72 Å². The lowest BCUT2D eigenvalue weighted by Gasteiger charge is -2.09. The summed E-state index contributed by atoms with van der Waals surface area (Å²) in [6, 6.07) is 4.75. The maximum Gasteiger partial charge on any atom is 0.371 e. The molecular formula is C11H6Br2FNO5S. The molecular weight excluding hydrogens is 437 g/mol. The van der Waals surface area contributed by atoms with E-state index >= 15 is 0 Å². The molecule has 6 nitrogen and oxygen atoms in total. The zero-order valence-corrected chi connectivity index (χ0v) is 13.9. The van der Waals surface area contributed by atoms with Crippen LogP contribution in [0.5, 0.6) is 0 Å². The number of anilines is 1. The highest BCUT2D eigenvalue weighted by atomic mass is 79.9. The van der Waals surface area contributed by atoms with Crippen molar-refractivity contribution < 1.29 is 27.1 Å². The molecule has 0 fully saturated rings. The fourth-order valence-electron chi connectivity index (χ4n) is 1.43. The second-order valence-electron chi connectivity index (χ2n) is 3.76. The van der Waals surface area contributed by atoms with Gasteiger partial charge in [-0.05, 0) is 44.0 Å². The second kappa shape index (κ2) is 5.78. The molecule has 21 heavy (non-hydrogen) atoms. The highest BCUT2D eigenvalue weighted by Crippen LogP contribution is 2.31. The fourth-order valence-corrected chi connectivity index (χ4v) is 4.03. The van der Waals surface area contributed by atoms with Crippen molar-refractivity contribution in [2.75, 3.05) is 4.72 Å². The van der Waals surface area contributed by atoms with Crippen LogP contribution in [0.1, 0.15) is 10.6 Å². The number of carboxylic acids is 1. The predicted octanol–water partition coefficient (Wildman–Crippen LogP) is 3.44. The molecule has 2 rings (SSSR count). The van der Waals surface area contributed by atoms with Gasteiger partial charge >= 0.3 is 5.97 Å². The number of furan rings is 1. The van der Waals surface area contributed by atoms with E-state index in [0.717, 1.165) is 12.1 Å². The molecule has 0 aliphatic heterocycles. The number of nitrogens with one attached hydrogen (secondary N) is 1. The Kier molecular flexibility index (Phi) is 4.40. The molecule has 0 saturated heterocycles. The van der Waals surface area contributed by atoms with Crippen LogP contribution in [0, 0.1) is 5.82 Å². The minimum Gasteiger partial charge on any atom is -0.475 e. The van der Waals surface area contributed by atoms with E-state index in [9.17, 15) is 17.6 Å². The van der Waals surface area contributed by atoms with Crippen LogP contribution >= 0.6 is 31.9 Å². The standard InChI is InChI=1S/C11H6Br2FNO5S/c12-5-2-1-3-6(14)9(5)15-21(18,19)8-4-7(11(16)17)20-10(8)13/h1-4,15H,(H,16,17). The maximum absolute atomic E-state index is 13.6. The highest BCUT2D eigenvalue weighted by molar-refractivity contribution is 9.10. The van der Waals surface area contributed by atoms with Crippen molar-refractivity contribution in [1.82, 2.24) is 0 Å². The maximum atomic E-state index is 13.6. The summed E-state index contributed by atoms with van der Waals surface area (Å²) in [7, 11) is -4.23. The smallest absolute Gasteiger partial charge is 0.371 e. The van der Waals surface area contributed by atoms with Gasteiger partial charge in [0.25, 0.3) is 10.0 Å². The Morgan fingerprint density at radius 1 is 1.33 bits per heavy atom. The van der Waals surface area contributed by atoms with Crippen molar-refractivity contribution in [3.05, 3.63) is 45.0 Å². The van der Waals surface area contributed by atoms with Crippen LogP contribution in [0.3, 0.4) is 0 Å². The van der Waals surface area contributed by atoms with Crippen LogP contribution in [-0.2, 0) is 10.0 Å². The van der Waals surface area contributed by atoms with Crippen LogP contribution in [0.2, 0.25) is 0 Å². The Labute approximate surface area is 135 Å². The minimum atomic E-state index is -4.23. The summed E-state index contributed by atoms with van der Waals surface area (Å²) in [5, 5.41) is 8.77. The van der Waals surface area contributed by atoms with E-state index in [-0.39, 0.29) is 14.8 Å². The summed E-state index contributed by atoms with van der Waals surface area (Å²) < 4.78 is 44.7. The van der Waals surface area contributed by atoms with Gasteiger partial charge in [0.05, 0.1) is 5.69 Å². The lowest BCUT2D eigenvalue weighted by molar-refractivity contribution is 0.0661. The molecule has 1 heterocycles. The van der Waals surface area contributed by atoms with E-state index in [2.05, 4.69) is 31.9 Å². The monoisotopic (exact) mass is 441 g/mol. The normalized spacial score (nSPS) is 11.4. The number of benzene rings is 1. The number of sulfonamides is 1. The van der Waals surface area contributed by atoms with E-state index in [1.54, 1.807) is 0 Å². The molecule has 0 aliphatic rings. The SMILES string of the molecule is O=C(O)c1cc(S(=O)(=O)Nc2c(F)cccc2Br)c(Br)o1. The number of carboxylic acid groups (broad SMARTS) is 1. The first-order valence-corrected chi connectivity index (χ1v) is 8.29. The third-order valence-electron chi connectivity index (χ3n) is 2.35. The molecule has 1 aromatic carbocycles. The average Bonchev–Trinajstić information content (AvgIpc) is 2.77. The Morgan fingerprint density at radius 2 is 2.00 bits per heavy atom. The molecule has 0 unspecified atom stereocenters. The van der Waals surface area contributed by atoms with Gasteiger partial charge in [-0.1, -0.05) is 6.07 Å². The summed E-state index contributed by atoms with van der Waals surface area (Å²) in [5.74, 6) is -2.77. The van der Waals surface area contributed by atoms with Gasteiger partial charge in [0, 0.05) is 10.5 Å². The average molecular weight is 443 g/mol. The van der Waals surface area contributed by atoms with Crippen LogP contribution < -0.4 is 4.72 Å². The summed E-state index contributed by atoms with van der Waals surface area (Å²) in [6.45, 7) is 0. The van der Waals surface area contributed by atoms with E-state index < -0.39 is 32.5 Å². The van der Waals surface area contributed by atoms with Gasteiger partial charge in [0.2, 0.25) is 5.76 Å². The zero-order valence-electron chi connectivity index (χ0n) is 9.93. The molecule has 0 spiro atoms. The van der Waals surface area contributed by atoms with Gasteiger partial charge in [-0.25, -0.2) is 17.6 Å². The zero-order chi connectivity index (χ0) is 15.8. The number of aromatic carboxylic acids is 1. The Hall–Kier alpha value is -1.39. The van der Waals surface area contributed by atoms with Gasteiger partial charge in [-0.2, -0.15) is 0 Å². The predicted molar refractivity (Wildman–Crippen MR) is 78.3 cm³/mol. The largest absolute Gasteiger partial charge is 0.475 e. The summed E-state index contributed by atoms with van der Waals surface area (Å²) in [4.78, 5) is 10.3. The van der Waals surface area contributed by atoms with Crippen molar-refractivity contribution in [1.29, 1.82) is 0 Å². The summed E-state index contributed by atoms with van der Waals surface area (Å²) in [5.41, 5.74) is -0.289. The minimum absolute atomic E-state index is 0.198. The molecule has 0 saturated carbocycles. The lowest BCUT2D eigenvalue weighted by atomic mass is 10.3. The Balaban J connectivity index is 2.46. The molecule has 1 aromatic heterocycles. The molecule has 0 atom stereocenters. The molecule has 2 aromatic rings. The highest BCUT2D eigenvalue weighted by Gasteiger charge is 2.26. The molecule has 0 aliphatic carbocycles. The van der Waals surface area contributed by atoms with E-state index in [0.29, 0.717) is 0 Å². The molecule has 10 heteroatoms. The van der Waals surface area contributed by atoms with Crippen molar-refractivity contribution in [2.45, 2.75) is 4.90 Å². The van der Waals surface area contributed by atoms with Gasteiger partial charge in [-0.15, -0.1) is 0 Å². The topological polar surface area (TPSA) is 96.6 Å². The van der Waals surface area contributed by atoms with Crippen LogP contribution in [0.4, 0.5) is 10.1 Å². The van der Waals surface area contributed by atoms with Gasteiger partial charge in [0.1, 0.15) is 10.7 Å². The van der Waals surface area contributed by atoms with E-state index in [1.165, 1.54) is 12.1 Å². The van der Waals surface area contributed by atoms with Crippen LogP contribution in [-0.4, -0.2) is 19.5 Å². The molecule has 112 valence electrons. The van der Waals surface area contributed by atoms with Gasteiger partial charge in [-0.3, -0.25) is 4.72 Å². The number of carbonyl (C=O) groups is 1. The van der Waals surface area contributed by atoms with Crippen LogP contribution in [0.15, 0.2) is 42.7 Å². The van der Waals surface area contributed by atoms with Crippen molar-refractivity contribution in [2.24, 2.45) is 0 Å².